The van der Waals surface area contributed by atoms with Crippen molar-refractivity contribution in [1.29, 1.82) is 0 Å². The van der Waals surface area contributed by atoms with Crippen LogP contribution in [0.3, 0.4) is 0 Å². The highest BCUT2D eigenvalue weighted by Crippen LogP contribution is 2.09. The third kappa shape index (κ3) is 2.20. The largest absolute Gasteiger partial charge is 0.367 e. The first-order chi connectivity index (χ1) is 6.86. The van der Waals surface area contributed by atoms with Crippen molar-refractivity contribution in [2.45, 2.75) is 25.8 Å². The number of hydrogen-bond acceptors (Lipinski definition) is 4. The van der Waals surface area contributed by atoms with Gasteiger partial charge in [0.15, 0.2) is 0 Å². The second-order valence-electron chi connectivity index (χ2n) is 3.66. The van der Waals surface area contributed by atoms with Crippen molar-refractivity contribution in [3.63, 3.8) is 0 Å². The minimum absolute atomic E-state index is 0.594. The summed E-state index contributed by atoms with van der Waals surface area (Å²) in [4.78, 5) is 8.42. The van der Waals surface area contributed by atoms with Gasteiger partial charge >= 0.3 is 0 Å². The van der Waals surface area contributed by atoms with Crippen molar-refractivity contribution in [2.24, 2.45) is 0 Å². The van der Waals surface area contributed by atoms with Crippen molar-refractivity contribution in [2.75, 3.05) is 18.4 Å². The zero-order chi connectivity index (χ0) is 9.80. The van der Waals surface area contributed by atoms with Gasteiger partial charge in [-0.15, -0.1) is 0 Å². The number of nitrogens with zero attached hydrogens (tertiary/aromatic N) is 2. The molecule has 0 saturated carbocycles. The first kappa shape index (κ1) is 9.40. The van der Waals surface area contributed by atoms with E-state index in [1.54, 1.807) is 12.4 Å². The molecule has 2 rings (SSSR count). The fourth-order valence-electron chi connectivity index (χ4n) is 1.73. The topological polar surface area (TPSA) is 49.8 Å². The molecular weight excluding hydrogens is 176 g/mol. The molecule has 0 bridgehead atoms. The molecule has 1 aromatic rings. The van der Waals surface area contributed by atoms with Crippen molar-refractivity contribution in [3.05, 3.63) is 18.1 Å². The number of aromatic nitrogens is 2. The maximum Gasteiger partial charge on any atom is 0.147 e. The Kier molecular flexibility index (Phi) is 2.93. The lowest BCUT2D eigenvalue weighted by Gasteiger charge is -2.12. The highest BCUT2D eigenvalue weighted by Gasteiger charge is 2.13. The average Bonchev–Trinajstić information content (AvgIpc) is 2.69. The van der Waals surface area contributed by atoms with Crippen LogP contribution in [0.25, 0.3) is 0 Å². The zero-order valence-electron chi connectivity index (χ0n) is 8.45. The Morgan fingerprint density at radius 3 is 3.07 bits per heavy atom. The summed E-state index contributed by atoms with van der Waals surface area (Å²) in [5, 5.41) is 6.75. The van der Waals surface area contributed by atoms with E-state index in [0.29, 0.717) is 6.04 Å². The van der Waals surface area contributed by atoms with Crippen LogP contribution in [0.15, 0.2) is 12.4 Å². The van der Waals surface area contributed by atoms with Gasteiger partial charge in [-0.25, -0.2) is 4.98 Å². The summed E-state index contributed by atoms with van der Waals surface area (Å²) < 4.78 is 0. The summed E-state index contributed by atoms with van der Waals surface area (Å²) in [6.07, 6.45) is 5.98. The van der Waals surface area contributed by atoms with Crippen LogP contribution in [0.1, 0.15) is 18.5 Å². The Balaban J connectivity index is 1.88. The minimum Gasteiger partial charge on any atom is -0.367 e. The van der Waals surface area contributed by atoms with Crippen molar-refractivity contribution in [1.82, 2.24) is 15.3 Å². The summed E-state index contributed by atoms with van der Waals surface area (Å²) in [6.45, 7) is 4.06. The second-order valence-corrected chi connectivity index (χ2v) is 3.66. The van der Waals surface area contributed by atoms with Gasteiger partial charge in [0.1, 0.15) is 5.82 Å². The van der Waals surface area contributed by atoms with Crippen LogP contribution in [0, 0.1) is 6.92 Å². The van der Waals surface area contributed by atoms with E-state index >= 15 is 0 Å². The number of nitrogens with one attached hydrogen (secondary N) is 2. The van der Waals surface area contributed by atoms with E-state index in [9.17, 15) is 0 Å². The average molecular weight is 192 g/mol. The van der Waals surface area contributed by atoms with Crippen molar-refractivity contribution in [3.8, 4) is 0 Å². The van der Waals surface area contributed by atoms with Crippen LogP contribution in [0.5, 0.6) is 0 Å². The molecule has 0 radical (unpaired) electrons. The molecule has 2 N–H and O–H groups in total. The van der Waals surface area contributed by atoms with Gasteiger partial charge in [-0.1, -0.05) is 0 Å². The minimum atomic E-state index is 0.594. The van der Waals surface area contributed by atoms with Gasteiger partial charge in [0, 0.05) is 25.0 Å². The third-order valence-corrected chi connectivity index (χ3v) is 2.56. The molecule has 0 aliphatic carbocycles. The summed E-state index contributed by atoms with van der Waals surface area (Å²) in [7, 11) is 0. The van der Waals surface area contributed by atoms with Gasteiger partial charge in [-0.2, -0.15) is 0 Å². The summed E-state index contributed by atoms with van der Waals surface area (Å²) >= 11 is 0. The molecule has 14 heavy (non-hydrogen) atoms. The lowest BCUT2D eigenvalue weighted by atomic mass is 10.2. The fraction of sp³-hybridized carbons (Fsp3) is 0.600. The molecule has 4 heteroatoms. The molecule has 0 aromatic carbocycles. The Morgan fingerprint density at radius 2 is 2.36 bits per heavy atom. The van der Waals surface area contributed by atoms with Gasteiger partial charge in [-0.3, -0.25) is 4.98 Å². The quantitative estimate of drug-likeness (QED) is 0.748. The molecule has 0 amide bonds. The summed E-state index contributed by atoms with van der Waals surface area (Å²) in [6, 6.07) is 0.594. The van der Waals surface area contributed by atoms with Gasteiger partial charge in [-0.05, 0) is 26.3 Å². The van der Waals surface area contributed by atoms with E-state index < -0.39 is 0 Å². The second kappa shape index (κ2) is 4.37. The Morgan fingerprint density at radius 1 is 1.50 bits per heavy atom. The van der Waals surface area contributed by atoms with E-state index in [1.807, 2.05) is 6.92 Å². The Labute approximate surface area is 84.2 Å². The lowest BCUT2D eigenvalue weighted by molar-refractivity contribution is 0.632. The molecule has 1 saturated heterocycles. The number of hydrogen-bond donors (Lipinski definition) is 2. The first-order valence-corrected chi connectivity index (χ1v) is 5.11. The zero-order valence-corrected chi connectivity index (χ0v) is 8.45. The van der Waals surface area contributed by atoms with Gasteiger partial charge < -0.3 is 10.6 Å². The predicted molar refractivity (Wildman–Crippen MR) is 56.3 cm³/mol. The van der Waals surface area contributed by atoms with Crippen LogP contribution < -0.4 is 10.6 Å². The SMILES string of the molecule is Cc1nccnc1NC[C@@H]1CCCN1. The number of rotatable bonds is 3. The maximum atomic E-state index is 4.24. The number of aryl methyl sites for hydroxylation is 1. The molecule has 1 atom stereocenters. The predicted octanol–water partition coefficient (Wildman–Crippen LogP) is 0.949. The molecule has 1 fully saturated rings. The van der Waals surface area contributed by atoms with E-state index in [4.69, 9.17) is 0 Å². The van der Waals surface area contributed by atoms with Crippen LogP contribution in [0.4, 0.5) is 5.82 Å². The molecule has 0 spiro atoms. The van der Waals surface area contributed by atoms with Crippen LogP contribution in [-0.4, -0.2) is 29.1 Å². The van der Waals surface area contributed by atoms with Gasteiger partial charge in [0.05, 0.1) is 5.69 Å². The molecule has 76 valence electrons. The van der Waals surface area contributed by atoms with Crippen molar-refractivity contribution >= 4 is 5.82 Å². The Hall–Kier alpha value is -1.16. The lowest BCUT2D eigenvalue weighted by Crippen LogP contribution is -2.29. The third-order valence-electron chi connectivity index (χ3n) is 2.56. The first-order valence-electron chi connectivity index (χ1n) is 5.11. The monoisotopic (exact) mass is 192 g/mol. The summed E-state index contributed by atoms with van der Waals surface area (Å²) in [5.74, 6) is 0.904. The normalized spacial score (nSPS) is 21.1. The van der Waals surface area contributed by atoms with Gasteiger partial charge in [0.2, 0.25) is 0 Å². The molecule has 2 heterocycles. The molecular formula is C10H16N4. The Bertz CT molecular complexity index is 294. The molecule has 0 unspecified atom stereocenters. The molecule has 1 aliphatic rings. The maximum absolute atomic E-state index is 4.24. The molecule has 4 nitrogen and oxygen atoms in total. The number of anilines is 1. The highest BCUT2D eigenvalue weighted by atomic mass is 15.1. The van der Waals surface area contributed by atoms with Crippen LogP contribution in [0.2, 0.25) is 0 Å². The van der Waals surface area contributed by atoms with Gasteiger partial charge in [0.25, 0.3) is 0 Å². The van der Waals surface area contributed by atoms with E-state index in [2.05, 4.69) is 20.6 Å². The van der Waals surface area contributed by atoms with E-state index in [0.717, 1.165) is 24.6 Å². The molecule has 1 aromatic heterocycles. The van der Waals surface area contributed by atoms with Crippen molar-refractivity contribution < 1.29 is 0 Å². The van der Waals surface area contributed by atoms with E-state index in [-0.39, 0.29) is 0 Å². The van der Waals surface area contributed by atoms with Crippen LogP contribution >= 0.6 is 0 Å². The van der Waals surface area contributed by atoms with E-state index in [1.165, 1.54) is 12.8 Å². The summed E-state index contributed by atoms with van der Waals surface area (Å²) in [5.41, 5.74) is 0.963. The van der Waals surface area contributed by atoms with Crippen LogP contribution in [-0.2, 0) is 0 Å². The standard InChI is InChI=1S/C10H16N4/c1-8-10(13-6-5-11-8)14-7-9-3-2-4-12-9/h5-6,9,12H,2-4,7H2,1H3,(H,13,14)/t9-/m0/s1. The smallest absolute Gasteiger partial charge is 0.147 e. The highest BCUT2D eigenvalue weighted by molar-refractivity contribution is 5.38. The fourth-order valence-corrected chi connectivity index (χ4v) is 1.73. The molecule has 1 aliphatic heterocycles.